The second-order valence-electron chi connectivity index (χ2n) is 5.82. The van der Waals surface area contributed by atoms with E-state index in [9.17, 15) is 0 Å². The smallest absolute Gasteiger partial charge is 0.0328 e. The molecule has 1 aliphatic carbocycles. The van der Waals surface area contributed by atoms with Crippen molar-refractivity contribution >= 4 is 0 Å². The molecule has 0 aromatic rings. The number of nitrogens with two attached hydrogens (primary N) is 1. The molecule has 0 bridgehead atoms. The molecular formula is C15H32N2. The van der Waals surface area contributed by atoms with Gasteiger partial charge in [0.2, 0.25) is 0 Å². The Hall–Kier alpha value is -0.0800. The first-order valence-corrected chi connectivity index (χ1v) is 7.66. The summed E-state index contributed by atoms with van der Waals surface area (Å²) in [4.78, 5) is 2.56. The minimum atomic E-state index is 0.351. The van der Waals surface area contributed by atoms with Crippen molar-refractivity contribution in [1.82, 2.24) is 4.90 Å². The molecule has 0 aromatic heterocycles. The van der Waals surface area contributed by atoms with Gasteiger partial charge in [-0.25, -0.2) is 0 Å². The number of hydrogen-bond acceptors (Lipinski definition) is 2. The predicted octanol–water partition coefficient (Wildman–Crippen LogP) is 3.55. The average Bonchev–Trinajstić information content (AvgIpc) is 2.83. The maximum Gasteiger partial charge on any atom is 0.0328 e. The van der Waals surface area contributed by atoms with Crippen LogP contribution >= 0.6 is 0 Å². The summed E-state index contributed by atoms with van der Waals surface area (Å²) < 4.78 is 0. The molecule has 1 saturated carbocycles. The third-order valence-electron chi connectivity index (χ3n) is 4.57. The Labute approximate surface area is 108 Å². The first-order valence-electron chi connectivity index (χ1n) is 7.66. The zero-order chi connectivity index (χ0) is 12.6. The minimum absolute atomic E-state index is 0.351. The number of rotatable bonds is 9. The van der Waals surface area contributed by atoms with Crippen LogP contribution in [0, 0.1) is 0 Å². The maximum absolute atomic E-state index is 6.00. The molecule has 17 heavy (non-hydrogen) atoms. The van der Waals surface area contributed by atoms with E-state index in [0.717, 1.165) is 6.54 Å². The Morgan fingerprint density at radius 1 is 1.00 bits per heavy atom. The Morgan fingerprint density at radius 2 is 1.59 bits per heavy atom. The average molecular weight is 240 g/mol. The molecule has 1 fully saturated rings. The molecule has 2 heteroatoms. The second kappa shape index (κ2) is 8.10. The van der Waals surface area contributed by atoms with Crippen LogP contribution in [0.5, 0.6) is 0 Å². The van der Waals surface area contributed by atoms with Crippen LogP contribution in [0.1, 0.15) is 71.1 Å². The van der Waals surface area contributed by atoms with Gasteiger partial charge in [-0.3, -0.25) is 4.90 Å². The van der Waals surface area contributed by atoms with Gasteiger partial charge in [-0.2, -0.15) is 0 Å². The summed E-state index contributed by atoms with van der Waals surface area (Å²) in [6.07, 6.45) is 13.7. The van der Waals surface area contributed by atoms with Gasteiger partial charge in [0.25, 0.3) is 0 Å². The van der Waals surface area contributed by atoms with Gasteiger partial charge >= 0.3 is 0 Å². The molecule has 0 aromatic carbocycles. The van der Waals surface area contributed by atoms with Crippen LogP contribution in [0.4, 0.5) is 0 Å². The minimum Gasteiger partial charge on any atom is -0.329 e. The third kappa shape index (κ3) is 4.59. The van der Waals surface area contributed by atoms with E-state index >= 15 is 0 Å². The summed E-state index contributed by atoms with van der Waals surface area (Å²) in [5, 5.41) is 0. The van der Waals surface area contributed by atoms with Gasteiger partial charge in [0, 0.05) is 12.1 Å². The van der Waals surface area contributed by atoms with Crippen molar-refractivity contribution in [3.05, 3.63) is 0 Å². The molecular weight excluding hydrogens is 208 g/mol. The molecule has 2 nitrogen and oxygen atoms in total. The van der Waals surface area contributed by atoms with E-state index < -0.39 is 0 Å². The van der Waals surface area contributed by atoms with Gasteiger partial charge in [0.1, 0.15) is 0 Å². The van der Waals surface area contributed by atoms with Gasteiger partial charge in [0.05, 0.1) is 0 Å². The normalized spacial score (nSPS) is 19.1. The number of likely N-dealkylation sites (N-methyl/N-ethyl adjacent to an activating group) is 1. The lowest BCUT2D eigenvalue weighted by molar-refractivity contribution is 0.129. The molecule has 0 atom stereocenters. The Kier molecular flexibility index (Phi) is 7.14. The fourth-order valence-corrected chi connectivity index (χ4v) is 3.14. The molecule has 102 valence electrons. The van der Waals surface area contributed by atoms with Crippen LogP contribution in [0.25, 0.3) is 0 Å². The standard InChI is InChI=1S/C15H32N2/c1-3-4-5-6-7-10-13-17(2)15(14-16)11-8-9-12-15/h3-14,16H2,1-2H3. The molecule has 0 spiro atoms. The molecule has 0 heterocycles. The van der Waals surface area contributed by atoms with Gasteiger partial charge in [-0.05, 0) is 32.9 Å². The molecule has 2 N–H and O–H groups in total. The van der Waals surface area contributed by atoms with E-state index in [2.05, 4.69) is 18.9 Å². The summed E-state index contributed by atoms with van der Waals surface area (Å²) in [7, 11) is 2.28. The summed E-state index contributed by atoms with van der Waals surface area (Å²) in [6, 6.07) is 0. The SMILES string of the molecule is CCCCCCCCN(C)C1(CN)CCCC1. The zero-order valence-electron chi connectivity index (χ0n) is 12.0. The lowest BCUT2D eigenvalue weighted by atomic mass is 9.95. The third-order valence-corrected chi connectivity index (χ3v) is 4.57. The summed E-state index contributed by atoms with van der Waals surface area (Å²) >= 11 is 0. The predicted molar refractivity (Wildman–Crippen MR) is 76.3 cm³/mol. The van der Waals surface area contributed by atoms with Crippen LogP contribution in [-0.4, -0.2) is 30.6 Å². The molecule has 1 rings (SSSR count). The van der Waals surface area contributed by atoms with Gasteiger partial charge in [-0.1, -0.05) is 51.9 Å². The van der Waals surface area contributed by atoms with Crippen molar-refractivity contribution in [2.75, 3.05) is 20.1 Å². The van der Waals surface area contributed by atoms with Crippen molar-refractivity contribution in [3.63, 3.8) is 0 Å². The van der Waals surface area contributed by atoms with E-state index in [1.165, 1.54) is 70.8 Å². The maximum atomic E-state index is 6.00. The highest BCUT2D eigenvalue weighted by atomic mass is 15.2. The fourth-order valence-electron chi connectivity index (χ4n) is 3.14. The second-order valence-corrected chi connectivity index (χ2v) is 5.82. The molecule has 1 aliphatic rings. The van der Waals surface area contributed by atoms with E-state index in [-0.39, 0.29) is 0 Å². The first-order chi connectivity index (χ1) is 8.25. The summed E-state index contributed by atoms with van der Waals surface area (Å²) in [5.74, 6) is 0. The van der Waals surface area contributed by atoms with Gasteiger partial charge in [0.15, 0.2) is 0 Å². The van der Waals surface area contributed by atoms with Gasteiger partial charge in [-0.15, -0.1) is 0 Å². The Bertz CT molecular complexity index is 185. The van der Waals surface area contributed by atoms with Crippen LogP contribution in [-0.2, 0) is 0 Å². The van der Waals surface area contributed by atoms with Crippen LogP contribution in [0.15, 0.2) is 0 Å². The lowest BCUT2D eigenvalue weighted by Gasteiger charge is -2.38. The number of nitrogens with zero attached hydrogens (tertiary/aromatic N) is 1. The van der Waals surface area contributed by atoms with E-state index in [1.807, 2.05) is 0 Å². The number of hydrogen-bond donors (Lipinski definition) is 1. The van der Waals surface area contributed by atoms with Crippen molar-refractivity contribution in [1.29, 1.82) is 0 Å². The van der Waals surface area contributed by atoms with Crippen LogP contribution in [0.3, 0.4) is 0 Å². The quantitative estimate of drug-likeness (QED) is 0.625. The van der Waals surface area contributed by atoms with Crippen LogP contribution in [0.2, 0.25) is 0 Å². The molecule has 0 radical (unpaired) electrons. The summed E-state index contributed by atoms with van der Waals surface area (Å²) in [6.45, 7) is 4.36. The lowest BCUT2D eigenvalue weighted by Crippen LogP contribution is -2.50. The monoisotopic (exact) mass is 240 g/mol. The van der Waals surface area contributed by atoms with E-state index in [4.69, 9.17) is 5.73 Å². The molecule has 0 aliphatic heterocycles. The highest BCUT2D eigenvalue weighted by Crippen LogP contribution is 2.33. The molecule has 0 saturated heterocycles. The molecule has 0 unspecified atom stereocenters. The van der Waals surface area contributed by atoms with Crippen molar-refractivity contribution in [3.8, 4) is 0 Å². The Morgan fingerprint density at radius 3 is 2.18 bits per heavy atom. The Balaban J connectivity index is 2.13. The van der Waals surface area contributed by atoms with Crippen molar-refractivity contribution in [2.24, 2.45) is 5.73 Å². The summed E-state index contributed by atoms with van der Waals surface area (Å²) in [5.41, 5.74) is 6.35. The topological polar surface area (TPSA) is 29.3 Å². The zero-order valence-corrected chi connectivity index (χ0v) is 12.0. The van der Waals surface area contributed by atoms with E-state index in [1.54, 1.807) is 0 Å². The molecule has 0 amide bonds. The first kappa shape index (κ1) is 15.0. The largest absolute Gasteiger partial charge is 0.329 e. The highest BCUT2D eigenvalue weighted by Gasteiger charge is 2.35. The van der Waals surface area contributed by atoms with E-state index in [0.29, 0.717) is 5.54 Å². The van der Waals surface area contributed by atoms with Crippen molar-refractivity contribution in [2.45, 2.75) is 76.7 Å². The fraction of sp³-hybridized carbons (Fsp3) is 1.00. The van der Waals surface area contributed by atoms with Crippen LogP contribution < -0.4 is 5.73 Å². The number of unbranched alkanes of at least 4 members (excludes halogenated alkanes) is 5. The highest BCUT2D eigenvalue weighted by molar-refractivity contribution is 4.94. The van der Waals surface area contributed by atoms with Gasteiger partial charge < -0.3 is 5.73 Å². The van der Waals surface area contributed by atoms with Crippen molar-refractivity contribution < 1.29 is 0 Å².